The van der Waals surface area contributed by atoms with E-state index in [0.717, 1.165) is 12.0 Å². The molecule has 1 aromatic carbocycles. The first-order valence-electron chi connectivity index (χ1n) is 19.7. The highest BCUT2D eigenvalue weighted by molar-refractivity contribution is 5.97. The highest BCUT2D eigenvalue weighted by Gasteiger charge is 2.34. The molecule has 1 aromatic rings. The van der Waals surface area contributed by atoms with Crippen LogP contribution in [0.15, 0.2) is 35.3 Å². The second-order valence-corrected chi connectivity index (χ2v) is 14.5. The number of primary amides is 1. The van der Waals surface area contributed by atoms with E-state index >= 15 is 0 Å². The number of guanidine groups is 1. The molecule has 1 heterocycles. The topological polar surface area (TPSA) is 313 Å². The molecule has 0 aliphatic carbocycles. The fourth-order valence-corrected chi connectivity index (χ4v) is 6.51. The van der Waals surface area contributed by atoms with Gasteiger partial charge in [0.2, 0.25) is 35.4 Å². The van der Waals surface area contributed by atoms with Gasteiger partial charge in [0.25, 0.3) is 0 Å². The molecule has 1 saturated heterocycles. The molecule has 0 aromatic heterocycles. The standard InChI is InChI=1S/C39H62N10O8/c1-3-4-13-28(46-24(2)50)36(55)48-30-15-16-34(53)44-20-17-27(35(41)54)23-32(51)26(12-9-19-45-39(42)43)22-33(52)31(21-25-10-6-5-7-11-25)49-37(56)29(14-8-18-40)47-38(30)57/h5-7,10-11,26-31H,3-4,8-9,12-23,40H2,1-2H3,(H2,41,54)(H,44,53)(H,46,50)(H,47,57)(H,48,55)(H,49,56)(H4,42,43,45)/t26-,27-,28+,29+,30+,31-/m1/s1. The number of nitrogens with two attached hydrogens (primary N) is 4. The number of amides is 6. The number of hydrogen-bond acceptors (Lipinski definition) is 10. The zero-order valence-electron chi connectivity index (χ0n) is 33.2. The minimum Gasteiger partial charge on any atom is -0.370 e. The van der Waals surface area contributed by atoms with Gasteiger partial charge in [0, 0.05) is 51.1 Å². The van der Waals surface area contributed by atoms with Gasteiger partial charge in [-0.25, -0.2) is 0 Å². The van der Waals surface area contributed by atoms with Crippen molar-refractivity contribution in [3.05, 3.63) is 35.9 Å². The molecule has 0 spiro atoms. The van der Waals surface area contributed by atoms with Crippen LogP contribution in [-0.4, -0.2) is 96.8 Å². The normalized spacial score (nSPS) is 22.3. The molecule has 1 fully saturated rings. The molecule has 6 atom stereocenters. The van der Waals surface area contributed by atoms with Crippen molar-refractivity contribution in [3.63, 3.8) is 0 Å². The fourth-order valence-electron chi connectivity index (χ4n) is 6.51. The lowest BCUT2D eigenvalue weighted by atomic mass is 9.84. The second-order valence-electron chi connectivity index (χ2n) is 14.5. The van der Waals surface area contributed by atoms with Gasteiger partial charge in [0.05, 0.1) is 6.04 Å². The zero-order chi connectivity index (χ0) is 42.3. The largest absolute Gasteiger partial charge is 0.370 e. The smallest absolute Gasteiger partial charge is 0.243 e. The molecule has 0 radical (unpaired) electrons. The Balaban J connectivity index is 2.57. The lowest BCUT2D eigenvalue weighted by Crippen LogP contribution is -2.58. The van der Waals surface area contributed by atoms with Crippen LogP contribution in [-0.2, 0) is 44.8 Å². The Bertz CT molecular complexity index is 1550. The van der Waals surface area contributed by atoms with Gasteiger partial charge in [0.1, 0.15) is 23.9 Å². The van der Waals surface area contributed by atoms with E-state index in [2.05, 4.69) is 31.6 Å². The van der Waals surface area contributed by atoms with Gasteiger partial charge in [-0.05, 0) is 63.5 Å². The fraction of sp³-hybridized carbons (Fsp3) is 0.615. The molecule has 18 nitrogen and oxygen atoms in total. The Labute approximate surface area is 334 Å². The van der Waals surface area contributed by atoms with Gasteiger partial charge in [-0.2, -0.15) is 0 Å². The van der Waals surface area contributed by atoms with Crippen LogP contribution in [0.25, 0.3) is 0 Å². The quantitative estimate of drug-likeness (QED) is 0.0561. The van der Waals surface area contributed by atoms with Crippen LogP contribution >= 0.6 is 0 Å². The number of nitrogens with zero attached hydrogens (tertiary/aromatic N) is 1. The first kappa shape index (κ1) is 47.8. The van der Waals surface area contributed by atoms with Crippen molar-refractivity contribution in [2.24, 2.45) is 39.8 Å². The van der Waals surface area contributed by atoms with Crippen LogP contribution in [0, 0.1) is 11.8 Å². The minimum absolute atomic E-state index is 0.0213. The number of rotatable bonds is 16. The average molecular weight is 799 g/mol. The molecule has 13 N–H and O–H groups in total. The lowest BCUT2D eigenvalue weighted by Gasteiger charge is -2.27. The van der Waals surface area contributed by atoms with Gasteiger partial charge in [0.15, 0.2) is 11.7 Å². The molecule has 0 bridgehead atoms. The molecule has 316 valence electrons. The van der Waals surface area contributed by atoms with Crippen LogP contribution in [0.2, 0.25) is 0 Å². The van der Waals surface area contributed by atoms with Gasteiger partial charge in [-0.3, -0.25) is 43.3 Å². The second kappa shape index (κ2) is 25.7. The van der Waals surface area contributed by atoms with E-state index in [4.69, 9.17) is 22.9 Å². The van der Waals surface area contributed by atoms with Gasteiger partial charge >= 0.3 is 0 Å². The molecular weight excluding hydrogens is 736 g/mol. The Hall–Kier alpha value is -5.39. The molecule has 1 aliphatic rings. The zero-order valence-corrected chi connectivity index (χ0v) is 33.2. The summed E-state index contributed by atoms with van der Waals surface area (Å²) in [6, 6.07) is 4.33. The Morgan fingerprint density at radius 3 is 2.21 bits per heavy atom. The number of carbonyl (C=O) groups is 8. The number of aliphatic imine (C=N–C) groups is 1. The Kier molecular flexibility index (Phi) is 21.5. The maximum atomic E-state index is 14.2. The summed E-state index contributed by atoms with van der Waals surface area (Å²) in [5, 5.41) is 13.4. The van der Waals surface area contributed by atoms with E-state index in [1.165, 1.54) is 6.92 Å². The number of nitrogens with one attached hydrogen (secondary N) is 5. The predicted molar refractivity (Wildman–Crippen MR) is 214 cm³/mol. The van der Waals surface area contributed by atoms with E-state index in [1.807, 2.05) is 6.92 Å². The summed E-state index contributed by atoms with van der Waals surface area (Å²) in [6.45, 7) is 3.53. The van der Waals surface area contributed by atoms with E-state index in [9.17, 15) is 38.4 Å². The van der Waals surface area contributed by atoms with Crippen LogP contribution in [0.3, 0.4) is 0 Å². The van der Waals surface area contributed by atoms with Crippen molar-refractivity contribution in [2.75, 3.05) is 19.6 Å². The average Bonchev–Trinajstić information content (AvgIpc) is 3.16. The molecule has 57 heavy (non-hydrogen) atoms. The van der Waals surface area contributed by atoms with Crippen molar-refractivity contribution in [3.8, 4) is 0 Å². The lowest BCUT2D eigenvalue weighted by molar-refractivity contribution is -0.135. The third kappa shape index (κ3) is 18.4. The summed E-state index contributed by atoms with van der Waals surface area (Å²) in [5.41, 5.74) is 23.1. The van der Waals surface area contributed by atoms with Crippen LogP contribution in [0.4, 0.5) is 0 Å². The van der Waals surface area contributed by atoms with Crippen LogP contribution < -0.4 is 49.5 Å². The van der Waals surface area contributed by atoms with Crippen molar-refractivity contribution >= 4 is 53.0 Å². The number of Topliss-reactive ketones (excluding diaryl/α,β-unsaturated/α-hetero) is 2. The first-order valence-corrected chi connectivity index (χ1v) is 19.7. The monoisotopic (exact) mass is 798 g/mol. The molecule has 0 saturated carbocycles. The SMILES string of the molecule is CCCC[C@H](NC(C)=O)C(=O)N[C@H]1CCC(=O)NCC[C@@H](C(N)=O)CC(=O)[C@H](CCCN=C(N)N)CC(=O)[C@@H](Cc2ccccc2)NC(=O)[C@H](CCCN)NC1=O. The number of benzene rings is 1. The minimum atomic E-state index is -1.31. The summed E-state index contributed by atoms with van der Waals surface area (Å²) in [4.78, 5) is 111. The molecular formula is C39H62N10O8. The van der Waals surface area contributed by atoms with E-state index in [0.29, 0.717) is 25.7 Å². The summed E-state index contributed by atoms with van der Waals surface area (Å²) in [7, 11) is 0. The van der Waals surface area contributed by atoms with Gasteiger partial charge in [-0.15, -0.1) is 0 Å². The first-order chi connectivity index (χ1) is 27.1. The maximum absolute atomic E-state index is 14.2. The Morgan fingerprint density at radius 2 is 1.58 bits per heavy atom. The summed E-state index contributed by atoms with van der Waals surface area (Å²) in [5.74, 6) is -6.66. The maximum Gasteiger partial charge on any atom is 0.243 e. The van der Waals surface area contributed by atoms with Crippen molar-refractivity contribution in [1.82, 2.24) is 26.6 Å². The van der Waals surface area contributed by atoms with E-state index in [1.54, 1.807) is 30.3 Å². The summed E-state index contributed by atoms with van der Waals surface area (Å²) < 4.78 is 0. The van der Waals surface area contributed by atoms with Crippen molar-refractivity contribution in [1.29, 1.82) is 0 Å². The molecule has 0 unspecified atom stereocenters. The summed E-state index contributed by atoms with van der Waals surface area (Å²) in [6.07, 6.45) is 1.64. The number of unbranched alkanes of at least 4 members (excludes halogenated alkanes) is 1. The molecule has 2 rings (SSSR count). The molecule has 1 aliphatic heterocycles. The third-order valence-corrected chi connectivity index (χ3v) is 9.72. The van der Waals surface area contributed by atoms with E-state index in [-0.39, 0.29) is 77.0 Å². The highest BCUT2D eigenvalue weighted by Crippen LogP contribution is 2.22. The van der Waals surface area contributed by atoms with Crippen LogP contribution in [0.1, 0.15) is 96.5 Å². The molecule has 18 heteroatoms. The summed E-state index contributed by atoms with van der Waals surface area (Å²) >= 11 is 0. The van der Waals surface area contributed by atoms with Crippen molar-refractivity contribution in [2.45, 2.75) is 121 Å². The van der Waals surface area contributed by atoms with Crippen molar-refractivity contribution < 1.29 is 38.4 Å². The number of ketones is 2. The van der Waals surface area contributed by atoms with Gasteiger partial charge < -0.3 is 49.5 Å². The molecule has 6 amide bonds. The van der Waals surface area contributed by atoms with E-state index < -0.39 is 83.0 Å². The number of carbonyl (C=O) groups excluding carboxylic acids is 8. The number of hydrogen-bond donors (Lipinski definition) is 9. The van der Waals surface area contributed by atoms with Crippen LogP contribution in [0.5, 0.6) is 0 Å². The third-order valence-electron chi connectivity index (χ3n) is 9.72. The predicted octanol–water partition coefficient (Wildman–Crippen LogP) is -0.893. The highest BCUT2D eigenvalue weighted by atomic mass is 16.2. The van der Waals surface area contributed by atoms with Gasteiger partial charge in [-0.1, -0.05) is 50.1 Å². The Morgan fingerprint density at radius 1 is 0.877 bits per heavy atom.